The highest BCUT2D eigenvalue weighted by molar-refractivity contribution is 6.01. The Morgan fingerprint density at radius 1 is 1.05 bits per heavy atom. The number of aliphatic hydroxyl groups excluding tert-OH is 1. The maximum atomic E-state index is 17.5. The molecule has 4 aliphatic carbocycles. The number of Topliss-reactive ketones (excluding diaryl/α,β-unsaturated/α-hetero) is 1. The summed E-state index contributed by atoms with van der Waals surface area (Å²) < 4.78 is 41.8. The number of hydrogen-bond donors (Lipinski definition) is 1. The molecule has 41 heavy (non-hydrogen) atoms. The molecule has 2 heterocycles. The second-order valence-corrected chi connectivity index (χ2v) is 13.1. The van der Waals surface area contributed by atoms with E-state index in [1.165, 1.54) is 12.2 Å². The molecule has 8 nitrogen and oxygen atoms in total. The molecular formula is C32H35FO8. The van der Waals surface area contributed by atoms with Crippen LogP contribution in [0.2, 0.25) is 0 Å². The van der Waals surface area contributed by atoms with Gasteiger partial charge in [0, 0.05) is 22.3 Å². The quantitative estimate of drug-likeness (QED) is 0.471. The second kappa shape index (κ2) is 8.58. The second-order valence-electron chi connectivity index (χ2n) is 13.1. The molecule has 0 amide bonds. The van der Waals surface area contributed by atoms with Gasteiger partial charge in [0.15, 0.2) is 24.3 Å². The number of fused-ring (bicyclic) bond motifs is 7. The van der Waals surface area contributed by atoms with E-state index in [1.807, 2.05) is 19.1 Å². The minimum absolute atomic E-state index is 0.0329. The van der Waals surface area contributed by atoms with Crippen molar-refractivity contribution >= 4 is 17.5 Å². The third-order valence-electron chi connectivity index (χ3n) is 11.3. The first-order valence-electron chi connectivity index (χ1n) is 14.5. The molecule has 4 fully saturated rings. The van der Waals surface area contributed by atoms with E-state index in [9.17, 15) is 19.5 Å². The summed E-state index contributed by atoms with van der Waals surface area (Å²) in [5.41, 5.74) is -4.10. The van der Waals surface area contributed by atoms with Gasteiger partial charge in [-0.1, -0.05) is 36.8 Å². The fourth-order valence-corrected chi connectivity index (χ4v) is 9.29. The Hall–Kier alpha value is -2.88. The first-order valence-corrected chi connectivity index (χ1v) is 14.5. The van der Waals surface area contributed by atoms with E-state index < -0.39 is 64.6 Å². The van der Waals surface area contributed by atoms with Crippen LogP contribution in [0.15, 0.2) is 48.1 Å². The topological polar surface area (TPSA) is 108 Å². The van der Waals surface area contributed by atoms with Crippen molar-refractivity contribution in [2.45, 2.75) is 88.7 Å². The van der Waals surface area contributed by atoms with Gasteiger partial charge in [0.1, 0.15) is 11.4 Å². The number of esters is 1. The molecule has 2 aliphatic heterocycles. The smallest absolute Gasteiger partial charge is 0.380 e. The van der Waals surface area contributed by atoms with Gasteiger partial charge >= 0.3 is 11.8 Å². The Bertz CT molecular complexity index is 1390. The van der Waals surface area contributed by atoms with Crippen LogP contribution in [0.4, 0.5) is 4.39 Å². The van der Waals surface area contributed by atoms with E-state index >= 15 is 4.39 Å². The lowest BCUT2D eigenvalue weighted by Gasteiger charge is -2.63. The van der Waals surface area contributed by atoms with E-state index in [0.29, 0.717) is 30.6 Å². The normalized spacial score (nSPS) is 46.9. The number of halogens is 1. The summed E-state index contributed by atoms with van der Waals surface area (Å²) >= 11 is 0. The summed E-state index contributed by atoms with van der Waals surface area (Å²) in [6.45, 7) is 4.74. The van der Waals surface area contributed by atoms with Gasteiger partial charge in [0.25, 0.3) is 0 Å². The number of rotatable bonds is 0. The molecule has 1 aromatic carbocycles. The summed E-state index contributed by atoms with van der Waals surface area (Å²) in [6, 6.07) is 7.21. The molecule has 1 saturated heterocycles. The van der Waals surface area contributed by atoms with Crippen LogP contribution in [-0.4, -0.2) is 58.7 Å². The first kappa shape index (κ1) is 27.0. The average molecular weight is 567 g/mol. The Balaban J connectivity index is 1.24. The number of ketones is 2. The summed E-state index contributed by atoms with van der Waals surface area (Å²) in [5.74, 6) is -3.57. The maximum Gasteiger partial charge on any atom is 0.380 e. The number of cyclic esters (lactones) is 1. The summed E-state index contributed by atoms with van der Waals surface area (Å²) in [4.78, 5) is 39.5. The summed E-state index contributed by atoms with van der Waals surface area (Å²) in [7, 11) is 0. The fourth-order valence-electron chi connectivity index (χ4n) is 9.29. The van der Waals surface area contributed by atoms with Crippen molar-refractivity contribution in [2.75, 3.05) is 6.61 Å². The molecule has 3 unspecified atom stereocenters. The summed E-state index contributed by atoms with van der Waals surface area (Å²) in [6.07, 6.45) is 3.86. The molecule has 9 atom stereocenters. The van der Waals surface area contributed by atoms with Crippen molar-refractivity contribution in [1.82, 2.24) is 0 Å². The molecule has 0 aromatic heterocycles. The Morgan fingerprint density at radius 3 is 2.61 bits per heavy atom. The highest BCUT2D eigenvalue weighted by Gasteiger charge is 2.75. The van der Waals surface area contributed by atoms with Gasteiger partial charge in [-0.05, 0) is 70.1 Å². The number of allylic oxidation sites excluding steroid dienone is 4. The van der Waals surface area contributed by atoms with Crippen molar-refractivity contribution in [3.63, 3.8) is 0 Å². The van der Waals surface area contributed by atoms with Crippen LogP contribution in [0.5, 0.6) is 5.75 Å². The van der Waals surface area contributed by atoms with Crippen LogP contribution in [0.1, 0.15) is 58.4 Å². The number of ether oxygens (including phenoxy) is 4. The number of aliphatic hydroxyl groups is 1. The van der Waals surface area contributed by atoms with Gasteiger partial charge in [-0.2, -0.15) is 0 Å². The van der Waals surface area contributed by atoms with Gasteiger partial charge in [-0.25, -0.2) is 9.18 Å². The lowest BCUT2D eigenvalue weighted by molar-refractivity contribution is -0.301. The zero-order chi connectivity index (χ0) is 29.0. The van der Waals surface area contributed by atoms with E-state index in [0.717, 1.165) is 5.56 Å². The van der Waals surface area contributed by atoms with Crippen molar-refractivity contribution in [2.24, 2.45) is 22.7 Å². The standard InChI is InChI=1S/C32H35FO8/c1-18-39-30(26(36)17-38-27(37)31(40-18)15-19-6-4-5-7-24(19)41-31)13-11-22-23-9-8-20-14-21(34)10-12-28(20,2)32(23,33)25(35)16-29(22,30)3/h4-7,10,12,14,18,22-23,25,35H,8-9,11,13,15-17H2,1-3H3/t18?,22-,23-,25-,28-,29-,30-,31?,32?/m0/s1. The highest BCUT2D eigenvalue weighted by atomic mass is 19.1. The fraction of sp³-hybridized carbons (Fsp3) is 0.594. The van der Waals surface area contributed by atoms with Crippen LogP contribution in [0.25, 0.3) is 0 Å². The molecule has 0 bridgehead atoms. The Labute approximate surface area is 237 Å². The molecule has 218 valence electrons. The van der Waals surface area contributed by atoms with E-state index in [-0.39, 0.29) is 31.0 Å². The van der Waals surface area contributed by atoms with Crippen molar-refractivity contribution in [1.29, 1.82) is 0 Å². The predicted molar refractivity (Wildman–Crippen MR) is 142 cm³/mol. The van der Waals surface area contributed by atoms with Crippen LogP contribution in [0.3, 0.4) is 0 Å². The minimum atomic E-state index is -2.02. The third-order valence-corrected chi connectivity index (χ3v) is 11.3. The van der Waals surface area contributed by atoms with E-state index in [2.05, 4.69) is 0 Å². The van der Waals surface area contributed by atoms with Crippen molar-refractivity contribution in [3.05, 3.63) is 53.6 Å². The first-order chi connectivity index (χ1) is 19.4. The third kappa shape index (κ3) is 3.34. The Morgan fingerprint density at radius 2 is 1.83 bits per heavy atom. The monoisotopic (exact) mass is 566 g/mol. The SMILES string of the molecule is CC1OC2(Cc3ccccc3O2)C(=O)OCC(=O)[C@]2(CC[C@H]3[C@@H]4CCC5=CC(=O)C=C[C@]5(C)C4(F)[C@@H](O)C[C@@]32C)O1. The lowest BCUT2D eigenvalue weighted by Crippen LogP contribution is -2.69. The molecule has 7 rings (SSSR count). The lowest BCUT2D eigenvalue weighted by atomic mass is 9.44. The minimum Gasteiger partial charge on any atom is -0.453 e. The molecule has 2 spiro atoms. The van der Waals surface area contributed by atoms with Gasteiger partial charge < -0.3 is 24.1 Å². The number of carbonyl (C=O) groups excluding carboxylic acids is 3. The van der Waals surface area contributed by atoms with Gasteiger partial charge in [-0.3, -0.25) is 9.59 Å². The number of hydrogen-bond acceptors (Lipinski definition) is 8. The van der Waals surface area contributed by atoms with Crippen LogP contribution in [-0.2, 0) is 35.0 Å². The van der Waals surface area contributed by atoms with Gasteiger partial charge in [-0.15, -0.1) is 0 Å². The highest BCUT2D eigenvalue weighted by Crippen LogP contribution is 2.70. The van der Waals surface area contributed by atoms with Crippen LogP contribution >= 0.6 is 0 Å². The van der Waals surface area contributed by atoms with Crippen molar-refractivity contribution in [3.8, 4) is 5.75 Å². The zero-order valence-corrected chi connectivity index (χ0v) is 23.5. The van der Waals surface area contributed by atoms with Crippen LogP contribution < -0.4 is 4.74 Å². The molecule has 1 N–H and O–H groups in total. The Kier molecular flexibility index (Phi) is 5.65. The van der Waals surface area contributed by atoms with Gasteiger partial charge in [0.2, 0.25) is 5.78 Å². The number of alkyl halides is 1. The zero-order valence-electron chi connectivity index (χ0n) is 23.5. The van der Waals surface area contributed by atoms with Gasteiger partial charge in [0.05, 0.1) is 12.5 Å². The predicted octanol–water partition coefficient (Wildman–Crippen LogP) is 3.93. The molecular weight excluding hydrogens is 531 g/mol. The summed E-state index contributed by atoms with van der Waals surface area (Å²) in [5, 5.41) is 11.7. The molecule has 3 saturated carbocycles. The average Bonchev–Trinajstić information content (AvgIpc) is 3.44. The maximum absolute atomic E-state index is 17.5. The number of carbonyl (C=O) groups is 3. The van der Waals surface area contributed by atoms with Crippen molar-refractivity contribution < 1.29 is 42.8 Å². The molecule has 6 aliphatic rings. The largest absolute Gasteiger partial charge is 0.453 e. The molecule has 0 radical (unpaired) electrons. The van der Waals surface area contributed by atoms with E-state index in [4.69, 9.17) is 18.9 Å². The molecule has 9 heteroatoms. The molecule has 1 aromatic rings. The van der Waals surface area contributed by atoms with Crippen LogP contribution in [0, 0.1) is 22.7 Å². The number of benzene rings is 1. The number of para-hydroxylation sites is 1. The van der Waals surface area contributed by atoms with E-state index in [1.54, 1.807) is 32.1 Å².